The van der Waals surface area contributed by atoms with E-state index in [0.29, 0.717) is 12.2 Å². The minimum atomic E-state index is -0.249. The van der Waals surface area contributed by atoms with Gasteiger partial charge in [0.1, 0.15) is 5.69 Å². The first-order chi connectivity index (χ1) is 8.15. The average Bonchev–Trinajstić information content (AvgIpc) is 2.75. The number of carbonyl (C=O) groups is 1. The second kappa shape index (κ2) is 4.65. The van der Waals surface area contributed by atoms with Crippen molar-refractivity contribution in [2.45, 2.75) is 13.5 Å². The van der Waals surface area contributed by atoms with Gasteiger partial charge in [0.05, 0.1) is 0 Å². The van der Waals surface area contributed by atoms with Gasteiger partial charge in [0.2, 0.25) is 5.56 Å². The molecule has 17 heavy (non-hydrogen) atoms. The average molecular weight is 232 g/mol. The van der Waals surface area contributed by atoms with E-state index in [1.54, 1.807) is 18.3 Å². The van der Waals surface area contributed by atoms with E-state index in [1.807, 2.05) is 6.92 Å². The number of aryl methyl sites for hydroxylation is 1. The van der Waals surface area contributed by atoms with Gasteiger partial charge in [-0.1, -0.05) is 6.07 Å². The molecular weight excluding hydrogens is 220 g/mol. The second-order valence-electron chi connectivity index (χ2n) is 3.68. The molecule has 0 aliphatic heterocycles. The van der Waals surface area contributed by atoms with Crippen molar-refractivity contribution < 1.29 is 4.79 Å². The van der Waals surface area contributed by atoms with E-state index >= 15 is 0 Å². The predicted octanol–water partition coefficient (Wildman–Crippen LogP) is 0.336. The molecule has 0 aliphatic carbocycles. The summed E-state index contributed by atoms with van der Waals surface area (Å²) in [7, 11) is 0. The summed E-state index contributed by atoms with van der Waals surface area (Å²) in [6.45, 7) is 2.17. The van der Waals surface area contributed by atoms with Crippen LogP contribution in [-0.2, 0) is 6.54 Å². The van der Waals surface area contributed by atoms with E-state index in [4.69, 9.17) is 0 Å². The highest BCUT2D eigenvalue weighted by molar-refractivity contribution is 5.92. The third kappa shape index (κ3) is 2.81. The number of nitrogens with zero attached hydrogens (tertiary/aromatic N) is 1. The summed E-state index contributed by atoms with van der Waals surface area (Å²) < 4.78 is 0. The standard InChI is InChI=1S/C11H12N4O2/c1-7-4-9(15-14-7)11(17)13-6-8-2-3-10(16)12-5-8/h2-5H,6H2,1H3,(H,12,16)(H,13,17)(H,14,15). The number of pyridine rings is 1. The number of rotatable bonds is 3. The normalized spacial score (nSPS) is 10.2. The van der Waals surface area contributed by atoms with Gasteiger partial charge < -0.3 is 10.3 Å². The highest BCUT2D eigenvalue weighted by Crippen LogP contribution is 1.98. The summed E-state index contributed by atoms with van der Waals surface area (Å²) in [5.41, 5.74) is 1.85. The zero-order valence-electron chi connectivity index (χ0n) is 9.28. The Kier molecular flexibility index (Phi) is 3.04. The Bertz CT molecular complexity index is 565. The lowest BCUT2D eigenvalue weighted by atomic mass is 10.3. The van der Waals surface area contributed by atoms with E-state index in [9.17, 15) is 9.59 Å². The van der Waals surface area contributed by atoms with Gasteiger partial charge in [-0.25, -0.2) is 0 Å². The van der Waals surface area contributed by atoms with Crippen molar-refractivity contribution >= 4 is 5.91 Å². The Hall–Kier alpha value is -2.37. The maximum atomic E-state index is 11.6. The molecule has 0 aromatic carbocycles. The van der Waals surface area contributed by atoms with Gasteiger partial charge in [-0.05, 0) is 18.6 Å². The second-order valence-corrected chi connectivity index (χ2v) is 3.68. The van der Waals surface area contributed by atoms with Gasteiger partial charge >= 0.3 is 0 Å². The zero-order chi connectivity index (χ0) is 12.3. The molecule has 88 valence electrons. The number of H-pyrrole nitrogens is 2. The topological polar surface area (TPSA) is 90.6 Å². The summed E-state index contributed by atoms with van der Waals surface area (Å²) in [5.74, 6) is -0.249. The van der Waals surface area contributed by atoms with Crippen LogP contribution in [0, 0.1) is 6.92 Å². The molecule has 6 heteroatoms. The molecule has 2 aromatic heterocycles. The largest absolute Gasteiger partial charge is 0.347 e. The van der Waals surface area contributed by atoms with Crippen molar-refractivity contribution in [3.8, 4) is 0 Å². The third-order valence-electron chi connectivity index (χ3n) is 2.24. The quantitative estimate of drug-likeness (QED) is 0.712. The van der Waals surface area contributed by atoms with E-state index < -0.39 is 0 Å². The lowest BCUT2D eigenvalue weighted by Crippen LogP contribution is -2.23. The van der Waals surface area contributed by atoms with Crippen LogP contribution in [0.5, 0.6) is 0 Å². The Morgan fingerprint density at radius 3 is 2.88 bits per heavy atom. The van der Waals surface area contributed by atoms with Gasteiger partial charge in [0.15, 0.2) is 0 Å². The highest BCUT2D eigenvalue weighted by Gasteiger charge is 2.08. The minimum Gasteiger partial charge on any atom is -0.347 e. The van der Waals surface area contributed by atoms with Gasteiger partial charge in [0, 0.05) is 24.5 Å². The predicted molar refractivity (Wildman–Crippen MR) is 61.6 cm³/mol. The molecule has 0 bridgehead atoms. The number of hydrogen-bond acceptors (Lipinski definition) is 3. The Labute approximate surface area is 97.1 Å². The number of hydrogen-bond donors (Lipinski definition) is 3. The summed E-state index contributed by atoms with van der Waals surface area (Å²) in [6.07, 6.45) is 1.57. The molecule has 6 nitrogen and oxygen atoms in total. The van der Waals surface area contributed by atoms with Crippen molar-refractivity contribution in [3.63, 3.8) is 0 Å². The van der Waals surface area contributed by atoms with Crippen LogP contribution in [0.2, 0.25) is 0 Å². The molecule has 0 saturated carbocycles. The molecule has 0 spiro atoms. The van der Waals surface area contributed by atoms with Crippen LogP contribution >= 0.6 is 0 Å². The fourth-order valence-corrected chi connectivity index (χ4v) is 1.36. The molecule has 0 unspecified atom stereocenters. The maximum Gasteiger partial charge on any atom is 0.272 e. The first-order valence-electron chi connectivity index (χ1n) is 5.13. The number of amides is 1. The fraction of sp³-hybridized carbons (Fsp3) is 0.182. The van der Waals surface area contributed by atoms with Crippen LogP contribution in [-0.4, -0.2) is 21.1 Å². The first-order valence-corrected chi connectivity index (χ1v) is 5.13. The molecule has 3 N–H and O–H groups in total. The molecule has 0 fully saturated rings. The van der Waals surface area contributed by atoms with Crippen LogP contribution in [0.1, 0.15) is 21.7 Å². The molecule has 0 saturated heterocycles. The van der Waals surface area contributed by atoms with Gasteiger partial charge in [-0.2, -0.15) is 5.10 Å². The van der Waals surface area contributed by atoms with Crippen LogP contribution in [0.25, 0.3) is 0 Å². The van der Waals surface area contributed by atoms with Gasteiger partial charge in [-0.15, -0.1) is 0 Å². The maximum absolute atomic E-state index is 11.6. The Balaban J connectivity index is 1.96. The van der Waals surface area contributed by atoms with E-state index in [1.165, 1.54) is 6.07 Å². The molecule has 2 rings (SSSR count). The van der Waals surface area contributed by atoms with Crippen LogP contribution in [0.4, 0.5) is 0 Å². The van der Waals surface area contributed by atoms with E-state index in [0.717, 1.165) is 11.3 Å². The number of aromatic nitrogens is 3. The zero-order valence-corrected chi connectivity index (χ0v) is 9.28. The molecule has 2 aromatic rings. The molecule has 1 amide bonds. The lowest BCUT2D eigenvalue weighted by Gasteiger charge is -2.02. The monoisotopic (exact) mass is 232 g/mol. The summed E-state index contributed by atoms with van der Waals surface area (Å²) in [5, 5.41) is 9.25. The molecule has 0 radical (unpaired) electrons. The van der Waals surface area contributed by atoms with Crippen LogP contribution in [0.15, 0.2) is 29.2 Å². The van der Waals surface area contributed by atoms with Crippen LogP contribution in [0.3, 0.4) is 0 Å². The minimum absolute atomic E-state index is 0.164. The first kappa shape index (κ1) is 11.1. The van der Waals surface area contributed by atoms with E-state index in [2.05, 4.69) is 20.5 Å². The van der Waals surface area contributed by atoms with Gasteiger partial charge in [0.25, 0.3) is 5.91 Å². The van der Waals surface area contributed by atoms with Crippen molar-refractivity contribution in [1.82, 2.24) is 20.5 Å². The molecule has 0 atom stereocenters. The van der Waals surface area contributed by atoms with Crippen molar-refractivity contribution in [2.24, 2.45) is 0 Å². The van der Waals surface area contributed by atoms with Crippen molar-refractivity contribution in [3.05, 3.63) is 51.7 Å². The Morgan fingerprint density at radius 2 is 2.29 bits per heavy atom. The SMILES string of the molecule is Cc1cc(C(=O)NCc2ccc(=O)[nH]c2)n[nH]1. The smallest absolute Gasteiger partial charge is 0.272 e. The molecule has 0 aliphatic rings. The van der Waals surface area contributed by atoms with Gasteiger partial charge in [-0.3, -0.25) is 14.7 Å². The number of carbonyl (C=O) groups excluding carboxylic acids is 1. The fourth-order valence-electron chi connectivity index (χ4n) is 1.36. The molecular formula is C11H12N4O2. The van der Waals surface area contributed by atoms with Crippen LogP contribution < -0.4 is 10.9 Å². The Morgan fingerprint density at radius 1 is 1.47 bits per heavy atom. The summed E-state index contributed by atoms with van der Waals surface area (Å²) in [4.78, 5) is 25.0. The van der Waals surface area contributed by atoms with E-state index in [-0.39, 0.29) is 11.5 Å². The lowest BCUT2D eigenvalue weighted by molar-refractivity contribution is 0.0946. The highest BCUT2D eigenvalue weighted by atomic mass is 16.2. The van der Waals surface area contributed by atoms with Crippen molar-refractivity contribution in [2.75, 3.05) is 0 Å². The summed E-state index contributed by atoms with van der Waals surface area (Å²) in [6, 6.07) is 4.75. The number of aromatic amines is 2. The number of nitrogens with one attached hydrogen (secondary N) is 3. The summed E-state index contributed by atoms with van der Waals surface area (Å²) >= 11 is 0. The van der Waals surface area contributed by atoms with Crippen molar-refractivity contribution in [1.29, 1.82) is 0 Å². The third-order valence-corrected chi connectivity index (χ3v) is 2.24. The molecule has 2 heterocycles.